The topological polar surface area (TPSA) is 63.8 Å². The summed E-state index contributed by atoms with van der Waals surface area (Å²) in [6.07, 6.45) is 0.800. The third-order valence-electron chi connectivity index (χ3n) is 1.77. The van der Waals surface area contributed by atoms with Gasteiger partial charge in [-0.3, -0.25) is 0 Å². The highest BCUT2D eigenvalue weighted by atomic mass is 35.5. The molecule has 0 fully saturated rings. The third kappa shape index (κ3) is 2.48. The second-order valence-corrected chi connectivity index (χ2v) is 3.90. The SMILES string of the molecule is CNc1nc(CC(C)C)nc(Cl)c1N. The third-order valence-corrected chi connectivity index (χ3v) is 2.06. The summed E-state index contributed by atoms with van der Waals surface area (Å²) in [4.78, 5) is 8.37. The van der Waals surface area contributed by atoms with Crippen molar-refractivity contribution < 1.29 is 0 Å². The van der Waals surface area contributed by atoms with E-state index in [1.54, 1.807) is 7.05 Å². The van der Waals surface area contributed by atoms with Crippen LogP contribution < -0.4 is 11.1 Å². The number of aromatic nitrogens is 2. The van der Waals surface area contributed by atoms with Crippen LogP contribution in [0, 0.1) is 5.92 Å². The smallest absolute Gasteiger partial charge is 0.157 e. The van der Waals surface area contributed by atoms with Gasteiger partial charge >= 0.3 is 0 Å². The van der Waals surface area contributed by atoms with E-state index in [2.05, 4.69) is 29.1 Å². The molecular formula is C9H15ClN4. The minimum absolute atomic E-state index is 0.319. The van der Waals surface area contributed by atoms with Crippen molar-refractivity contribution in [1.82, 2.24) is 9.97 Å². The highest BCUT2D eigenvalue weighted by molar-refractivity contribution is 6.32. The van der Waals surface area contributed by atoms with Gasteiger partial charge in [0, 0.05) is 13.5 Å². The molecule has 0 atom stereocenters. The summed E-state index contributed by atoms with van der Waals surface area (Å²) in [5.41, 5.74) is 6.08. The molecule has 0 aliphatic rings. The van der Waals surface area contributed by atoms with Crippen molar-refractivity contribution >= 4 is 23.1 Å². The number of rotatable bonds is 3. The Morgan fingerprint density at radius 2 is 2.07 bits per heavy atom. The average Bonchev–Trinajstić information content (AvgIpc) is 2.10. The number of nitrogen functional groups attached to an aromatic ring is 1. The van der Waals surface area contributed by atoms with Gasteiger partial charge in [0.1, 0.15) is 11.5 Å². The molecule has 4 nitrogen and oxygen atoms in total. The van der Waals surface area contributed by atoms with Crippen molar-refractivity contribution in [2.24, 2.45) is 5.92 Å². The maximum Gasteiger partial charge on any atom is 0.157 e. The van der Waals surface area contributed by atoms with Crippen molar-refractivity contribution in [3.8, 4) is 0 Å². The molecule has 1 aromatic heterocycles. The Hall–Kier alpha value is -1.03. The Balaban J connectivity index is 3.03. The number of nitrogens with one attached hydrogen (secondary N) is 1. The van der Waals surface area contributed by atoms with E-state index < -0.39 is 0 Å². The average molecular weight is 215 g/mol. The first kappa shape index (κ1) is 11.0. The predicted molar refractivity (Wildman–Crippen MR) is 59.5 cm³/mol. The quantitative estimate of drug-likeness (QED) is 0.755. The summed E-state index contributed by atoms with van der Waals surface area (Å²) >= 11 is 5.87. The summed E-state index contributed by atoms with van der Waals surface area (Å²) in [6.45, 7) is 4.21. The molecule has 14 heavy (non-hydrogen) atoms. The van der Waals surface area contributed by atoms with Gasteiger partial charge in [0.2, 0.25) is 0 Å². The van der Waals surface area contributed by atoms with Crippen LogP contribution in [0.5, 0.6) is 0 Å². The Kier molecular flexibility index (Phi) is 3.52. The normalized spacial score (nSPS) is 10.6. The molecule has 0 bridgehead atoms. The van der Waals surface area contributed by atoms with Gasteiger partial charge in [-0.25, -0.2) is 9.97 Å². The molecule has 0 spiro atoms. The lowest BCUT2D eigenvalue weighted by Crippen LogP contribution is -2.07. The molecule has 0 aliphatic heterocycles. The van der Waals surface area contributed by atoms with Gasteiger partial charge in [-0.15, -0.1) is 0 Å². The molecule has 0 aliphatic carbocycles. The molecule has 1 aromatic rings. The zero-order chi connectivity index (χ0) is 10.7. The molecule has 0 aromatic carbocycles. The van der Waals surface area contributed by atoms with E-state index in [9.17, 15) is 0 Å². The summed E-state index contributed by atoms with van der Waals surface area (Å²) < 4.78 is 0. The highest BCUT2D eigenvalue weighted by Gasteiger charge is 2.09. The lowest BCUT2D eigenvalue weighted by atomic mass is 10.1. The maximum absolute atomic E-state index is 5.87. The van der Waals surface area contributed by atoms with Crippen molar-refractivity contribution in [1.29, 1.82) is 0 Å². The Morgan fingerprint density at radius 3 is 2.57 bits per heavy atom. The van der Waals surface area contributed by atoms with E-state index in [1.165, 1.54) is 0 Å². The van der Waals surface area contributed by atoms with Gasteiger partial charge in [0.15, 0.2) is 11.0 Å². The first-order chi connectivity index (χ1) is 6.54. The number of nitrogens with zero attached hydrogens (tertiary/aromatic N) is 2. The largest absolute Gasteiger partial charge is 0.393 e. The number of nitrogens with two attached hydrogens (primary N) is 1. The Labute approximate surface area is 88.9 Å². The van der Waals surface area contributed by atoms with Crippen LogP contribution in [0.3, 0.4) is 0 Å². The lowest BCUT2D eigenvalue weighted by molar-refractivity contribution is 0.621. The second kappa shape index (κ2) is 4.46. The fraction of sp³-hybridized carbons (Fsp3) is 0.556. The van der Waals surface area contributed by atoms with Gasteiger partial charge in [-0.05, 0) is 5.92 Å². The zero-order valence-corrected chi connectivity index (χ0v) is 9.39. The highest BCUT2D eigenvalue weighted by Crippen LogP contribution is 2.23. The number of halogens is 1. The van der Waals surface area contributed by atoms with E-state index >= 15 is 0 Å². The molecule has 0 saturated carbocycles. The summed E-state index contributed by atoms with van der Waals surface area (Å²) in [7, 11) is 1.76. The molecular weight excluding hydrogens is 200 g/mol. The number of hydrogen-bond donors (Lipinski definition) is 2. The van der Waals surface area contributed by atoms with Crippen LogP contribution in [0.1, 0.15) is 19.7 Å². The van der Waals surface area contributed by atoms with E-state index in [-0.39, 0.29) is 0 Å². The minimum atomic E-state index is 0.319. The van der Waals surface area contributed by atoms with Crippen LogP contribution in [0.2, 0.25) is 5.15 Å². The monoisotopic (exact) mass is 214 g/mol. The first-order valence-electron chi connectivity index (χ1n) is 4.54. The van der Waals surface area contributed by atoms with E-state index in [1.807, 2.05) is 0 Å². The molecule has 1 heterocycles. The fourth-order valence-electron chi connectivity index (χ4n) is 1.13. The molecule has 0 unspecified atom stereocenters. The predicted octanol–water partition coefficient (Wildman–Crippen LogP) is 1.95. The standard InChI is InChI=1S/C9H15ClN4/c1-5(2)4-6-13-8(10)7(11)9(12-3)14-6/h5H,4,11H2,1-3H3,(H,12,13,14). The van der Waals surface area contributed by atoms with Crippen molar-refractivity contribution in [3.05, 3.63) is 11.0 Å². The molecule has 1 rings (SSSR count). The lowest BCUT2D eigenvalue weighted by Gasteiger charge is -2.09. The van der Waals surface area contributed by atoms with Gasteiger partial charge in [-0.2, -0.15) is 0 Å². The fourth-order valence-corrected chi connectivity index (χ4v) is 1.32. The van der Waals surface area contributed by atoms with Crippen LogP contribution in [0.15, 0.2) is 0 Å². The number of anilines is 2. The number of hydrogen-bond acceptors (Lipinski definition) is 4. The van der Waals surface area contributed by atoms with Crippen LogP contribution in [-0.4, -0.2) is 17.0 Å². The molecule has 78 valence electrons. The molecule has 3 N–H and O–H groups in total. The molecule has 0 radical (unpaired) electrons. The van der Waals surface area contributed by atoms with Gasteiger partial charge in [-0.1, -0.05) is 25.4 Å². The Morgan fingerprint density at radius 1 is 1.43 bits per heavy atom. The van der Waals surface area contributed by atoms with Crippen LogP contribution in [0.25, 0.3) is 0 Å². The summed E-state index contributed by atoms with van der Waals surface area (Å²) in [5.74, 6) is 1.82. The van der Waals surface area contributed by atoms with Crippen molar-refractivity contribution in [2.75, 3.05) is 18.1 Å². The van der Waals surface area contributed by atoms with Gasteiger partial charge in [0.05, 0.1) is 0 Å². The van der Waals surface area contributed by atoms with E-state index in [4.69, 9.17) is 17.3 Å². The van der Waals surface area contributed by atoms with Crippen molar-refractivity contribution in [3.63, 3.8) is 0 Å². The van der Waals surface area contributed by atoms with Crippen LogP contribution >= 0.6 is 11.6 Å². The summed E-state index contributed by atoms with van der Waals surface area (Å²) in [6, 6.07) is 0. The van der Waals surface area contributed by atoms with Crippen molar-refractivity contribution in [2.45, 2.75) is 20.3 Å². The van der Waals surface area contributed by atoms with E-state index in [0.717, 1.165) is 12.2 Å². The molecule has 0 amide bonds. The molecule has 0 saturated heterocycles. The van der Waals surface area contributed by atoms with Gasteiger partial charge < -0.3 is 11.1 Å². The van der Waals surface area contributed by atoms with Crippen LogP contribution in [0.4, 0.5) is 11.5 Å². The first-order valence-corrected chi connectivity index (χ1v) is 4.92. The molecule has 5 heteroatoms. The summed E-state index contributed by atoms with van der Waals surface area (Å²) in [5, 5.41) is 3.21. The second-order valence-electron chi connectivity index (χ2n) is 3.54. The zero-order valence-electron chi connectivity index (χ0n) is 8.63. The minimum Gasteiger partial charge on any atom is -0.393 e. The van der Waals surface area contributed by atoms with E-state index in [0.29, 0.717) is 22.6 Å². The Bertz CT molecular complexity index is 325. The van der Waals surface area contributed by atoms with Gasteiger partial charge in [0.25, 0.3) is 0 Å². The maximum atomic E-state index is 5.87. The van der Waals surface area contributed by atoms with Crippen LogP contribution in [-0.2, 0) is 6.42 Å².